The Bertz CT molecular complexity index is 284. The summed E-state index contributed by atoms with van der Waals surface area (Å²) in [5, 5.41) is 6.69. The second-order valence-corrected chi connectivity index (χ2v) is 6.15. The van der Waals surface area contributed by atoms with Gasteiger partial charge in [-0.05, 0) is 50.5 Å². The van der Waals surface area contributed by atoms with Crippen molar-refractivity contribution in [1.82, 2.24) is 10.6 Å². The van der Waals surface area contributed by atoms with Gasteiger partial charge in [-0.1, -0.05) is 19.3 Å². The molecule has 2 saturated carbocycles. The molecule has 3 heteroatoms. The monoisotopic (exact) mass is 236 g/mol. The molecule has 0 aromatic rings. The van der Waals surface area contributed by atoms with Crippen LogP contribution in [0.25, 0.3) is 0 Å². The normalized spacial score (nSPS) is 41.2. The summed E-state index contributed by atoms with van der Waals surface area (Å²) in [5.74, 6) is 1.96. The van der Waals surface area contributed by atoms with Gasteiger partial charge in [-0.3, -0.25) is 4.79 Å². The van der Waals surface area contributed by atoms with E-state index in [1.54, 1.807) is 0 Å². The van der Waals surface area contributed by atoms with Crippen molar-refractivity contribution in [3.63, 3.8) is 0 Å². The SMILES string of the molecule is O=C(NC1CC2CCC1C2)C1CCCCCN1. The van der Waals surface area contributed by atoms with E-state index in [1.165, 1.54) is 44.9 Å². The molecule has 3 fully saturated rings. The summed E-state index contributed by atoms with van der Waals surface area (Å²) in [4.78, 5) is 12.2. The van der Waals surface area contributed by atoms with E-state index in [2.05, 4.69) is 10.6 Å². The van der Waals surface area contributed by atoms with Gasteiger partial charge in [0.2, 0.25) is 5.91 Å². The fourth-order valence-corrected chi connectivity index (χ4v) is 3.96. The maximum absolute atomic E-state index is 12.2. The van der Waals surface area contributed by atoms with Crippen molar-refractivity contribution in [2.45, 2.75) is 63.5 Å². The zero-order chi connectivity index (χ0) is 11.7. The minimum Gasteiger partial charge on any atom is -0.352 e. The fourth-order valence-electron chi connectivity index (χ4n) is 3.96. The average molecular weight is 236 g/mol. The molecule has 3 nitrogen and oxygen atoms in total. The van der Waals surface area contributed by atoms with Crippen LogP contribution in [0.2, 0.25) is 0 Å². The van der Waals surface area contributed by atoms with E-state index in [0.29, 0.717) is 6.04 Å². The van der Waals surface area contributed by atoms with Crippen molar-refractivity contribution < 1.29 is 4.79 Å². The quantitative estimate of drug-likeness (QED) is 0.768. The van der Waals surface area contributed by atoms with Crippen LogP contribution in [0.1, 0.15) is 51.4 Å². The van der Waals surface area contributed by atoms with Gasteiger partial charge in [0.25, 0.3) is 0 Å². The largest absolute Gasteiger partial charge is 0.352 e. The Morgan fingerprint density at radius 1 is 1.06 bits per heavy atom. The maximum Gasteiger partial charge on any atom is 0.237 e. The highest BCUT2D eigenvalue weighted by atomic mass is 16.2. The highest BCUT2D eigenvalue weighted by Crippen LogP contribution is 2.44. The number of carbonyl (C=O) groups is 1. The maximum atomic E-state index is 12.2. The molecule has 0 aromatic heterocycles. The summed E-state index contributed by atoms with van der Waals surface area (Å²) in [6.45, 7) is 1.01. The van der Waals surface area contributed by atoms with Crippen LogP contribution in [-0.2, 0) is 4.79 Å². The summed E-state index contributed by atoms with van der Waals surface area (Å²) in [6, 6.07) is 0.572. The molecule has 1 aliphatic heterocycles. The molecule has 17 heavy (non-hydrogen) atoms. The first-order valence-corrected chi connectivity index (χ1v) is 7.36. The predicted molar refractivity (Wildman–Crippen MR) is 67.6 cm³/mol. The van der Waals surface area contributed by atoms with Gasteiger partial charge in [-0.15, -0.1) is 0 Å². The van der Waals surface area contributed by atoms with Gasteiger partial charge in [0.15, 0.2) is 0 Å². The molecule has 3 aliphatic rings. The Hall–Kier alpha value is -0.570. The van der Waals surface area contributed by atoms with Crippen LogP contribution in [0.4, 0.5) is 0 Å². The van der Waals surface area contributed by atoms with E-state index in [-0.39, 0.29) is 11.9 Å². The number of rotatable bonds is 2. The molecule has 0 radical (unpaired) electrons. The van der Waals surface area contributed by atoms with Crippen LogP contribution >= 0.6 is 0 Å². The zero-order valence-corrected chi connectivity index (χ0v) is 10.6. The lowest BCUT2D eigenvalue weighted by molar-refractivity contribution is -0.124. The van der Waals surface area contributed by atoms with Crippen molar-refractivity contribution in [2.24, 2.45) is 11.8 Å². The van der Waals surface area contributed by atoms with E-state index < -0.39 is 0 Å². The van der Waals surface area contributed by atoms with E-state index >= 15 is 0 Å². The Morgan fingerprint density at radius 3 is 2.76 bits per heavy atom. The number of amides is 1. The van der Waals surface area contributed by atoms with Crippen LogP contribution < -0.4 is 10.6 Å². The van der Waals surface area contributed by atoms with E-state index in [9.17, 15) is 4.79 Å². The standard InChI is InChI=1S/C14H24N2O/c17-14(12-4-2-1-3-7-15-12)16-13-9-10-5-6-11(13)8-10/h10-13,15H,1-9H2,(H,16,17). The summed E-state index contributed by atoms with van der Waals surface area (Å²) >= 11 is 0. The topological polar surface area (TPSA) is 41.1 Å². The minimum atomic E-state index is 0.0802. The van der Waals surface area contributed by atoms with Crippen LogP contribution in [-0.4, -0.2) is 24.5 Å². The van der Waals surface area contributed by atoms with Gasteiger partial charge in [0.05, 0.1) is 6.04 Å². The third-order valence-electron chi connectivity index (χ3n) is 4.94. The minimum absolute atomic E-state index is 0.0802. The molecule has 4 unspecified atom stereocenters. The fraction of sp³-hybridized carbons (Fsp3) is 0.929. The van der Waals surface area contributed by atoms with Crippen molar-refractivity contribution in [3.8, 4) is 0 Å². The molecule has 1 heterocycles. The van der Waals surface area contributed by atoms with Crippen molar-refractivity contribution >= 4 is 5.91 Å². The summed E-state index contributed by atoms with van der Waals surface area (Å²) in [7, 11) is 0. The van der Waals surface area contributed by atoms with Crippen LogP contribution in [0, 0.1) is 11.8 Å². The van der Waals surface area contributed by atoms with Gasteiger partial charge in [-0.25, -0.2) is 0 Å². The molecule has 1 amide bonds. The van der Waals surface area contributed by atoms with Crippen LogP contribution in [0.15, 0.2) is 0 Å². The van der Waals surface area contributed by atoms with Gasteiger partial charge >= 0.3 is 0 Å². The van der Waals surface area contributed by atoms with Crippen LogP contribution in [0.3, 0.4) is 0 Å². The molecule has 2 aliphatic carbocycles. The molecular formula is C14H24N2O. The number of hydrogen-bond acceptors (Lipinski definition) is 2. The summed E-state index contributed by atoms with van der Waals surface area (Å²) in [5.41, 5.74) is 0. The highest BCUT2D eigenvalue weighted by molar-refractivity contribution is 5.82. The van der Waals surface area contributed by atoms with E-state index in [4.69, 9.17) is 0 Å². The second kappa shape index (κ2) is 4.97. The Labute approximate surface area is 104 Å². The van der Waals surface area contributed by atoms with Crippen molar-refractivity contribution in [1.29, 1.82) is 0 Å². The van der Waals surface area contributed by atoms with Crippen molar-refractivity contribution in [3.05, 3.63) is 0 Å². The van der Waals surface area contributed by atoms with E-state index in [1.807, 2.05) is 0 Å². The van der Waals surface area contributed by atoms with Crippen LogP contribution in [0.5, 0.6) is 0 Å². The molecular weight excluding hydrogens is 212 g/mol. The Balaban J connectivity index is 1.52. The van der Waals surface area contributed by atoms with E-state index in [0.717, 1.165) is 24.8 Å². The predicted octanol–water partition coefficient (Wildman–Crippen LogP) is 1.82. The van der Waals surface area contributed by atoms with Gasteiger partial charge in [0, 0.05) is 6.04 Å². The average Bonchev–Trinajstić information content (AvgIpc) is 2.82. The second-order valence-electron chi connectivity index (χ2n) is 6.15. The Kier molecular flexibility index (Phi) is 3.37. The van der Waals surface area contributed by atoms with Gasteiger partial charge in [0.1, 0.15) is 0 Å². The van der Waals surface area contributed by atoms with Gasteiger partial charge < -0.3 is 10.6 Å². The molecule has 4 atom stereocenters. The molecule has 96 valence electrons. The molecule has 0 aromatic carbocycles. The first-order valence-electron chi connectivity index (χ1n) is 7.36. The summed E-state index contributed by atoms with van der Waals surface area (Å²) in [6.07, 6.45) is 10.1. The lowest BCUT2D eigenvalue weighted by atomic mass is 9.95. The lowest BCUT2D eigenvalue weighted by Gasteiger charge is -2.25. The zero-order valence-electron chi connectivity index (χ0n) is 10.6. The number of nitrogens with one attached hydrogen (secondary N) is 2. The molecule has 3 rings (SSSR count). The molecule has 0 spiro atoms. The first-order chi connectivity index (χ1) is 8.33. The Morgan fingerprint density at radius 2 is 2.00 bits per heavy atom. The van der Waals surface area contributed by atoms with Crippen molar-refractivity contribution in [2.75, 3.05) is 6.54 Å². The molecule has 2 bridgehead atoms. The number of fused-ring (bicyclic) bond motifs is 2. The smallest absolute Gasteiger partial charge is 0.237 e. The number of carbonyl (C=O) groups excluding carboxylic acids is 1. The number of hydrogen-bond donors (Lipinski definition) is 2. The molecule has 2 N–H and O–H groups in total. The first kappa shape index (κ1) is 11.5. The highest BCUT2D eigenvalue weighted by Gasteiger charge is 2.40. The summed E-state index contributed by atoms with van der Waals surface area (Å²) < 4.78 is 0. The van der Waals surface area contributed by atoms with Gasteiger partial charge in [-0.2, -0.15) is 0 Å². The third kappa shape index (κ3) is 2.49. The third-order valence-corrected chi connectivity index (χ3v) is 4.94. The lowest BCUT2D eigenvalue weighted by Crippen LogP contribution is -2.48. The molecule has 1 saturated heterocycles.